The monoisotopic (exact) mass is 366 g/mol. The van der Waals surface area contributed by atoms with E-state index in [4.69, 9.17) is 9.84 Å². The summed E-state index contributed by atoms with van der Waals surface area (Å²) in [5, 5.41) is 15.9. The summed E-state index contributed by atoms with van der Waals surface area (Å²) in [6.07, 6.45) is -0.630. The first-order valence-electron chi connectivity index (χ1n) is 7.48. The first kappa shape index (κ1) is 18.7. The van der Waals surface area contributed by atoms with Crippen molar-refractivity contribution in [2.45, 2.75) is 32.9 Å². The Morgan fingerprint density at radius 3 is 2.60 bits per heavy atom. The molecule has 0 saturated heterocycles. The number of anilines is 2. The zero-order chi connectivity index (χ0) is 18.6. The SMILES string of the molecule is CC(C)(C)OC(=O)Nc1ccc(F)c(NCc2cc(C(=O)O)cs2)c1. The van der Waals surface area contributed by atoms with Crippen LogP contribution >= 0.6 is 11.3 Å². The minimum atomic E-state index is -1.00. The number of ether oxygens (including phenoxy) is 1. The molecule has 2 aromatic rings. The van der Waals surface area contributed by atoms with Gasteiger partial charge in [-0.05, 0) is 45.0 Å². The number of carbonyl (C=O) groups is 2. The van der Waals surface area contributed by atoms with E-state index in [1.165, 1.54) is 41.0 Å². The third-order valence-corrected chi connectivity index (χ3v) is 3.90. The van der Waals surface area contributed by atoms with Crippen LogP contribution in [0.25, 0.3) is 0 Å². The molecule has 6 nitrogen and oxygen atoms in total. The Kier molecular flexibility index (Phi) is 5.63. The predicted octanol–water partition coefficient (Wildman–Crippen LogP) is 4.54. The van der Waals surface area contributed by atoms with E-state index in [9.17, 15) is 14.0 Å². The first-order chi connectivity index (χ1) is 11.6. The second-order valence-electron chi connectivity index (χ2n) is 6.28. The standard InChI is InChI=1S/C17H19FN2O4S/c1-17(2,3)24-16(23)20-11-4-5-13(18)14(7-11)19-8-12-6-10(9-25-12)15(21)22/h4-7,9,19H,8H2,1-3H3,(H,20,23)(H,21,22). The van der Waals surface area contributed by atoms with E-state index in [-0.39, 0.29) is 17.8 Å². The topological polar surface area (TPSA) is 87.7 Å². The molecule has 3 N–H and O–H groups in total. The van der Waals surface area contributed by atoms with Crippen LogP contribution in [0.5, 0.6) is 0 Å². The van der Waals surface area contributed by atoms with Crippen molar-refractivity contribution < 1.29 is 23.8 Å². The number of aromatic carboxylic acids is 1. The van der Waals surface area contributed by atoms with Gasteiger partial charge in [0.25, 0.3) is 0 Å². The molecule has 0 aliphatic rings. The molecule has 0 aliphatic carbocycles. The van der Waals surface area contributed by atoms with Gasteiger partial charge in [0.1, 0.15) is 11.4 Å². The van der Waals surface area contributed by atoms with Crippen LogP contribution in [0.4, 0.5) is 20.6 Å². The smallest absolute Gasteiger partial charge is 0.412 e. The van der Waals surface area contributed by atoms with Crippen molar-refractivity contribution in [3.63, 3.8) is 0 Å². The number of amides is 1. The minimum Gasteiger partial charge on any atom is -0.478 e. The molecule has 25 heavy (non-hydrogen) atoms. The molecular weight excluding hydrogens is 347 g/mol. The number of nitrogens with one attached hydrogen (secondary N) is 2. The molecule has 0 fully saturated rings. The third kappa shape index (κ3) is 5.75. The summed E-state index contributed by atoms with van der Waals surface area (Å²) >= 11 is 1.27. The number of carboxylic acid groups (broad SMARTS) is 1. The van der Waals surface area contributed by atoms with Crippen LogP contribution in [0.1, 0.15) is 36.0 Å². The lowest BCUT2D eigenvalue weighted by molar-refractivity contribution is 0.0634. The van der Waals surface area contributed by atoms with Gasteiger partial charge in [-0.1, -0.05) is 0 Å². The molecule has 2 rings (SSSR count). The van der Waals surface area contributed by atoms with Crippen LogP contribution in [0.3, 0.4) is 0 Å². The van der Waals surface area contributed by atoms with Crippen LogP contribution in [0.15, 0.2) is 29.6 Å². The number of hydrogen-bond acceptors (Lipinski definition) is 5. The van der Waals surface area contributed by atoms with Gasteiger partial charge < -0.3 is 15.2 Å². The summed E-state index contributed by atoms with van der Waals surface area (Å²) in [7, 11) is 0. The summed E-state index contributed by atoms with van der Waals surface area (Å²) in [5.41, 5.74) is 0.142. The van der Waals surface area contributed by atoms with Gasteiger partial charge >= 0.3 is 12.1 Å². The Morgan fingerprint density at radius 1 is 1.28 bits per heavy atom. The van der Waals surface area contributed by atoms with E-state index in [0.29, 0.717) is 5.69 Å². The van der Waals surface area contributed by atoms with Crippen molar-refractivity contribution in [2.24, 2.45) is 0 Å². The van der Waals surface area contributed by atoms with E-state index in [2.05, 4.69) is 10.6 Å². The van der Waals surface area contributed by atoms with Gasteiger partial charge in [0.2, 0.25) is 0 Å². The average Bonchev–Trinajstić information content (AvgIpc) is 2.95. The number of rotatable bonds is 5. The molecule has 8 heteroatoms. The summed E-state index contributed by atoms with van der Waals surface area (Å²) in [4.78, 5) is 23.4. The summed E-state index contributed by atoms with van der Waals surface area (Å²) < 4.78 is 19.1. The van der Waals surface area contributed by atoms with Gasteiger partial charge in [0, 0.05) is 22.5 Å². The number of hydrogen-bond donors (Lipinski definition) is 3. The fraction of sp³-hybridized carbons (Fsp3) is 0.294. The van der Waals surface area contributed by atoms with Crippen molar-refractivity contribution >= 4 is 34.8 Å². The maximum Gasteiger partial charge on any atom is 0.412 e. The molecule has 0 spiro atoms. The number of thiophene rings is 1. The minimum absolute atomic E-state index is 0.193. The van der Waals surface area contributed by atoms with Gasteiger partial charge in [0.05, 0.1) is 11.3 Å². The normalized spacial score (nSPS) is 11.0. The molecule has 0 atom stereocenters. The lowest BCUT2D eigenvalue weighted by atomic mass is 10.2. The van der Waals surface area contributed by atoms with Crippen molar-refractivity contribution in [1.29, 1.82) is 0 Å². The fourth-order valence-corrected chi connectivity index (χ4v) is 2.73. The Labute approximate surface area is 148 Å². The predicted molar refractivity (Wildman–Crippen MR) is 94.9 cm³/mol. The van der Waals surface area contributed by atoms with Gasteiger partial charge in [-0.25, -0.2) is 14.0 Å². The van der Waals surface area contributed by atoms with E-state index >= 15 is 0 Å². The maximum atomic E-state index is 13.9. The van der Waals surface area contributed by atoms with E-state index in [1.807, 2.05) is 0 Å². The highest BCUT2D eigenvalue weighted by Gasteiger charge is 2.16. The lowest BCUT2D eigenvalue weighted by Gasteiger charge is -2.20. The Hall–Kier alpha value is -2.61. The lowest BCUT2D eigenvalue weighted by Crippen LogP contribution is -2.27. The van der Waals surface area contributed by atoms with Crippen molar-refractivity contribution in [2.75, 3.05) is 10.6 Å². The fourth-order valence-electron chi connectivity index (χ4n) is 1.93. The molecule has 0 radical (unpaired) electrons. The van der Waals surface area contributed by atoms with E-state index < -0.39 is 23.5 Å². The molecule has 0 unspecified atom stereocenters. The van der Waals surface area contributed by atoms with Crippen molar-refractivity contribution in [1.82, 2.24) is 0 Å². The number of benzene rings is 1. The van der Waals surface area contributed by atoms with Crippen LogP contribution in [0.2, 0.25) is 0 Å². The number of carbonyl (C=O) groups excluding carboxylic acids is 1. The molecule has 0 saturated carbocycles. The quantitative estimate of drug-likeness (QED) is 0.723. The highest BCUT2D eigenvalue weighted by molar-refractivity contribution is 7.10. The van der Waals surface area contributed by atoms with Gasteiger partial charge in [-0.2, -0.15) is 0 Å². The number of halogens is 1. The Morgan fingerprint density at radius 2 is 2.00 bits per heavy atom. The first-order valence-corrected chi connectivity index (χ1v) is 8.36. The van der Waals surface area contributed by atoms with Crippen LogP contribution in [-0.2, 0) is 11.3 Å². The zero-order valence-electron chi connectivity index (χ0n) is 14.1. The molecule has 0 bridgehead atoms. The second-order valence-corrected chi connectivity index (χ2v) is 7.28. The number of carboxylic acids is 1. The molecule has 134 valence electrons. The summed E-state index contributed by atoms with van der Waals surface area (Å²) in [5.74, 6) is -1.48. The van der Waals surface area contributed by atoms with Crippen molar-refractivity contribution in [3.8, 4) is 0 Å². The van der Waals surface area contributed by atoms with E-state index in [1.54, 1.807) is 20.8 Å². The Bertz CT molecular complexity index is 783. The highest BCUT2D eigenvalue weighted by Crippen LogP contribution is 2.22. The van der Waals surface area contributed by atoms with Crippen LogP contribution in [-0.4, -0.2) is 22.8 Å². The highest BCUT2D eigenvalue weighted by atomic mass is 32.1. The molecule has 1 amide bonds. The molecule has 0 aliphatic heterocycles. The molecule has 1 aromatic carbocycles. The second kappa shape index (κ2) is 7.52. The molecule has 1 aromatic heterocycles. The summed E-state index contributed by atoms with van der Waals surface area (Å²) in [6.45, 7) is 5.51. The van der Waals surface area contributed by atoms with Crippen LogP contribution in [0, 0.1) is 5.82 Å². The molecular formula is C17H19FN2O4S. The largest absolute Gasteiger partial charge is 0.478 e. The average molecular weight is 366 g/mol. The zero-order valence-corrected chi connectivity index (χ0v) is 14.9. The van der Waals surface area contributed by atoms with E-state index in [0.717, 1.165) is 4.88 Å². The van der Waals surface area contributed by atoms with Crippen LogP contribution < -0.4 is 10.6 Å². The maximum absolute atomic E-state index is 13.9. The van der Waals surface area contributed by atoms with Crippen molar-refractivity contribution in [3.05, 3.63) is 45.9 Å². The summed E-state index contributed by atoms with van der Waals surface area (Å²) in [6, 6.07) is 5.63. The van der Waals surface area contributed by atoms with Gasteiger partial charge in [0.15, 0.2) is 0 Å². The Balaban J connectivity index is 2.03. The third-order valence-electron chi connectivity index (χ3n) is 2.97. The van der Waals surface area contributed by atoms with Gasteiger partial charge in [-0.3, -0.25) is 5.32 Å². The molecule has 1 heterocycles. The van der Waals surface area contributed by atoms with Gasteiger partial charge in [-0.15, -0.1) is 11.3 Å².